The molecule has 0 atom stereocenters. The monoisotopic (exact) mass is 314 g/mol. The summed E-state index contributed by atoms with van der Waals surface area (Å²) in [5.74, 6) is 0.199. The maximum atomic E-state index is 14.6. The smallest absolute Gasteiger partial charge is 0.134 e. The van der Waals surface area contributed by atoms with Crippen LogP contribution in [0.25, 0.3) is 11.1 Å². The van der Waals surface area contributed by atoms with E-state index in [0.717, 1.165) is 29.9 Å². The topological polar surface area (TPSA) is 0 Å². The van der Waals surface area contributed by atoms with E-state index in [1.807, 2.05) is 19.1 Å². The first-order valence-corrected chi connectivity index (χ1v) is 8.64. The van der Waals surface area contributed by atoms with Gasteiger partial charge in [-0.15, -0.1) is 0 Å². The molecule has 0 aromatic heterocycles. The van der Waals surface area contributed by atoms with E-state index in [1.54, 1.807) is 24.3 Å². The Morgan fingerprint density at radius 3 is 2.00 bits per heavy atom. The van der Waals surface area contributed by atoms with Crippen LogP contribution in [0, 0.1) is 24.5 Å². The van der Waals surface area contributed by atoms with Gasteiger partial charge < -0.3 is 0 Å². The Morgan fingerprint density at radius 1 is 0.913 bits per heavy atom. The number of halogens is 2. The molecule has 23 heavy (non-hydrogen) atoms. The average Bonchev–Trinajstić information content (AvgIpc) is 2.56. The lowest BCUT2D eigenvalue weighted by Gasteiger charge is -2.28. The quantitative estimate of drug-likeness (QED) is 0.597. The van der Waals surface area contributed by atoms with Crippen molar-refractivity contribution in [3.05, 3.63) is 59.2 Å². The molecule has 0 amide bonds. The molecule has 0 N–H and O–H groups in total. The highest BCUT2D eigenvalue weighted by atomic mass is 19.1. The Balaban J connectivity index is 1.87. The number of hydrogen-bond donors (Lipinski definition) is 0. The van der Waals surface area contributed by atoms with E-state index < -0.39 is 11.6 Å². The van der Waals surface area contributed by atoms with E-state index in [2.05, 4.69) is 6.92 Å². The Hall–Kier alpha value is -1.70. The number of aryl methyl sites for hydroxylation is 1. The van der Waals surface area contributed by atoms with Crippen molar-refractivity contribution < 1.29 is 8.78 Å². The van der Waals surface area contributed by atoms with E-state index in [0.29, 0.717) is 11.5 Å². The van der Waals surface area contributed by atoms with Crippen LogP contribution >= 0.6 is 0 Å². The van der Waals surface area contributed by atoms with Gasteiger partial charge in [0.05, 0.1) is 5.56 Å². The Bertz CT molecular complexity index is 642. The van der Waals surface area contributed by atoms with Crippen LogP contribution in [-0.2, 0) is 0 Å². The summed E-state index contributed by atoms with van der Waals surface area (Å²) in [4.78, 5) is 0. The fourth-order valence-corrected chi connectivity index (χ4v) is 3.73. The molecule has 0 bridgehead atoms. The molecule has 1 fully saturated rings. The molecule has 2 heteroatoms. The zero-order chi connectivity index (χ0) is 16.4. The number of rotatable bonds is 3. The number of hydrogen-bond acceptors (Lipinski definition) is 0. The molecule has 2 aromatic rings. The van der Waals surface area contributed by atoms with E-state index in [-0.39, 0.29) is 5.56 Å². The maximum Gasteiger partial charge on any atom is 0.134 e. The summed E-state index contributed by atoms with van der Waals surface area (Å²) in [6.07, 6.45) is 5.64. The van der Waals surface area contributed by atoms with Crippen molar-refractivity contribution in [2.24, 2.45) is 5.92 Å². The largest absolute Gasteiger partial charge is 0.206 e. The van der Waals surface area contributed by atoms with Crippen LogP contribution in [0.2, 0.25) is 0 Å². The van der Waals surface area contributed by atoms with Crippen LogP contribution in [0.4, 0.5) is 8.78 Å². The molecule has 1 aliphatic rings. The molecule has 0 nitrogen and oxygen atoms in total. The average molecular weight is 314 g/mol. The molecule has 1 aliphatic carbocycles. The van der Waals surface area contributed by atoms with Crippen molar-refractivity contribution in [3.8, 4) is 11.1 Å². The molecule has 0 aliphatic heterocycles. The lowest BCUT2D eigenvalue weighted by atomic mass is 9.77. The minimum Gasteiger partial charge on any atom is -0.206 e. The maximum absolute atomic E-state index is 14.6. The Kier molecular flexibility index (Phi) is 4.79. The van der Waals surface area contributed by atoms with Crippen molar-refractivity contribution in [3.63, 3.8) is 0 Å². The summed E-state index contributed by atoms with van der Waals surface area (Å²) in [5, 5.41) is 0. The highest BCUT2D eigenvalue weighted by Crippen LogP contribution is 2.39. The summed E-state index contributed by atoms with van der Waals surface area (Å²) in [5.41, 5.74) is 2.60. The minimum atomic E-state index is -0.443. The normalized spacial score (nSPS) is 21.4. The molecule has 0 saturated heterocycles. The first kappa shape index (κ1) is 16.2. The third kappa shape index (κ3) is 3.46. The molecule has 1 saturated carbocycles. The zero-order valence-corrected chi connectivity index (χ0v) is 13.9. The lowest BCUT2D eigenvalue weighted by molar-refractivity contribution is 0.318. The third-order valence-corrected chi connectivity index (χ3v) is 5.30. The second-order valence-corrected chi connectivity index (χ2v) is 6.85. The second-order valence-electron chi connectivity index (χ2n) is 6.85. The van der Waals surface area contributed by atoms with Crippen LogP contribution in [0.3, 0.4) is 0 Å². The fraction of sp³-hybridized carbons (Fsp3) is 0.429. The summed E-state index contributed by atoms with van der Waals surface area (Å²) >= 11 is 0. The van der Waals surface area contributed by atoms with Crippen LogP contribution in [0.5, 0.6) is 0 Å². The first-order chi connectivity index (χ1) is 11.1. The molecule has 122 valence electrons. The summed E-state index contributed by atoms with van der Waals surface area (Å²) in [6, 6.07) is 10.4. The molecule has 0 heterocycles. The van der Waals surface area contributed by atoms with Crippen LogP contribution in [-0.4, -0.2) is 0 Å². The van der Waals surface area contributed by atoms with Crippen LogP contribution < -0.4 is 0 Å². The van der Waals surface area contributed by atoms with Crippen molar-refractivity contribution >= 4 is 0 Å². The van der Waals surface area contributed by atoms with Gasteiger partial charge in [-0.2, -0.15) is 0 Å². The summed E-state index contributed by atoms with van der Waals surface area (Å²) < 4.78 is 29.1. The van der Waals surface area contributed by atoms with Gasteiger partial charge in [0, 0.05) is 0 Å². The van der Waals surface area contributed by atoms with Crippen molar-refractivity contribution in [1.82, 2.24) is 0 Å². The SMILES string of the molecule is CCC1CCC(c2cc(F)c(-c3ccc(C)cc3)c(F)c2)CC1. The van der Waals surface area contributed by atoms with E-state index in [4.69, 9.17) is 0 Å². The van der Waals surface area contributed by atoms with E-state index in [9.17, 15) is 8.78 Å². The predicted octanol–water partition coefficient (Wildman–Crippen LogP) is 6.62. The molecule has 3 rings (SSSR count). The third-order valence-electron chi connectivity index (χ3n) is 5.30. The summed E-state index contributed by atoms with van der Waals surface area (Å²) in [6.45, 7) is 4.19. The van der Waals surface area contributed by atoms with E-state index in [1.165, 1.54) is 19.3 Å². The number of benzene rings is 2. The molecular weight excluding hydrogens is 290 g/mol. The molecule has 0 radical (unpaired) electrons. The standard InChI is InChI=1S/C21H24F2/c1-3-15-6-10-16(11-7-15)18-12-19(22)21(20(23)13-18)17-8-4-14(2)5-9-17/h4-5,8-9,12-13,15-16H,3,6-7,10-11H2,1-2H3. The minimum absolute atomic E-state index is 0.0935. The molecule has 0 unspecified atom stereocenters. The van der Waals surface area contributed by atoms with Crippen molar-refractivity contribution in [2.45, 2.75) is 51.9 Å². The van der Waals surface area contributed by atoms with Gasteiger partial charge in [-0.05, 0) is 67.7 Å². The Morgan fingerprint density at radius 2 is 1.48 bits per heavy atom. The van der Waals surface area contributed by atoms with Gasteiger partial charge in [0.15, 0.2) is 0 Å². The van der Waals surface area contributed by atoms with Gasteiger partial charge in [0.2, 0.25) is 0 Å². The summed E-state index contributed by atoms with van der Waals surface area (Å²) in [7, 11) is 0. The van der Waals surface area contributed by atoms with Gasteiger partial charge in [-0.3, -0.25) is 0 Å². The van der Waals surface area contributed by atoms with Crippen LogP contribution in [0.1, 0.15) is 56.1 Å². The van der Waals surface area contributed by atoms with E-state index >= 15 is 0 Å². The Labute approximate surface area is 137 Å². The molecule has 0 spiro atoms. The van der Waals surface area contributed by atoms with Crippen LogP contribution in [0.15, 0.2) is 36.4 Å². The highest BCUT2D eigenvalue weighted by molar-refractivity contribution is 5.65. The molecule has 2 aromatic carbocycles. The second kappa shape index (κ2) is 6.82. The van der Waals surface area contributed by atoms with Gasteiger partial charge in [-0.1, -0.05) is 43.2 Å². The van der Waals surface area contributed by atoms with Gasteiger partial charge >= 0.3 is 0 Å². The zero-order valence-electron chi connectivity index (χ0n) is 13.9. The molecular formula is C21H24F2. The van der Waals surface area contributed by atoms with Gasteiger partial charge in [0.25, 0.3) is 0 Å². The van der Waals surface area contributed by atoms with Crippen molar-refractivity contribution in [2.75, 3.05) is 0 Å². The van der Waals surface area contributed by atoms with Crippen molar-refractivity contribution in [1.29, 1.82) is 0 Å². The predicted molar refractivity (Wildman–Crippen MR) is 91.5 cm³/mol. The highest BCUT2D eigenvalue weighted by Gasteiger charge is 2.23. The lowest BCUT2D eigenvalue weighted by Crippen LogP contribution is -2.13. The van der Waals surface area contributed by atoms with Gasteiger partial charge in [0.1, 0.15) is 11.6 Å². The first-order valence-electron chi connectivity index (χ1n) is 8.64. The fourth-order valence-electron chi connectivity index (χ4n) is 3.73. The van der Waals surface area contributed by atoms with Gasteiger partial charge in [-0.25, -0.2) is 8.78 Å².